The molecule has 18 heavy (non-hydrogen) atoms. The van der Waals surface area contributed by atoms with Gasteiger partial charge in [-0.05, 0) is 0 Å². The summed E-state index contributed by atoms with van der Waals surface area (Å²) in [6, 6.07) is -0.917. The molecule has 106 valence electrons. The average molecular weight is 286 g/mol. The maximum Gasteiger partial charge on any atom is 0.299 e. The Morgan fingerprint density at radius 2 is 1.33 bits per heavy atom. The fourth-order valence-corrected chi connectivity index (χ4v) is 0.708. The number of amides is 2. The zero-order valence-corrected chi connectivity index (χ0v) is 9.88. The first kappa shape index (κ1) is 16.9. The molecule has 2 heterocycles. The number of carbonyl (C=O) groups excluding carboxylic acids is 2. The molecule has 0 aromatic carbocycles. The molecule has 0 aromatic rings. The quantitative estimate of drug-likeness (QED) is 0.245. The van der Waals surface area contributed by atoms with Crippen LogP contribution in [0.1, 0.15) is 0 Å². The van der Waals surface area contributed by atoms with Crippen molar-refractivity contribution >= 4 is 23.2 Å². The van der Waals surface area contributed by atoms with E-state index in [0.717, 1.165) is 0 Å². The highest BCUT2D eigenvalue weighted by Gasteiger charge is 2.20. The molecule has 0 radical (unpaired) electrons. The molecule has 2 saturated heterocycles. The lowest BCUT2D eigenvalue weighted by Crippen LogP contribution is -2.31. The molecule has 0 spiro atoms. The number of hydrogen-bond donors (Lipinski definition) is 6. The molecule has 2 amide bonds. The maximum absolute atomic E-state index is 10.2. The molecule has 0 unspecified atom stereocenters. The van der Waals surface area contributed by atoms with E-state index in [1.165, 1.54) is 0 Å². The summed E-state index contributed by atoms with van der Waals surface area (Å²) in [5.41, 5.74) is 14.5. The van der Waals surface area contributed by atoms with Crippen molar-refractivity contribution in [2.45, 2.75) is 12.1 Å². The standard InChI is InChI=1S/2C3H6N2O2.H2O3S/c2*4-2-1-7-5-3(2)6;1-4(2)3/h2*2H,1,4H2,(H,5,6);(H2,1,2,3)/t2*2-;/m00./s1. The monoisotopic (exact) mass is 286 g/mol. The van der Waals surface area contributed by atoms with Gasteiger partial charge in [-0.15, -0.1) is 0 Å². The lowest BCUT2D eigenvalue weighted by Gasteiger charge is -1.87. The molecule has 2 rings (SSSR count). The van der Waals surface area contributed by atoms with Gasteiger partial charge >= 0.3 is 0 Å². The fourth-order valence-electron chi connectivity index (χ4n) is 0.708. The number of nitrogens with one attached hydrogen (secondary N) is 2. The fraction of sp³-hybridized carbons (Fsp3) is 0.667. The topological polar surface area (TPSA) is 186 Å². The number of hydroxylamine groups is 2. The largest absolute Gasteiger partial charge is 0.318 e. The van der Waals surface area contributed by atoms with Crippen molar-refractivity contribution in [3.05, 3.63) is 0 Å². The van der Waals surface area contributed by atoms with Crippen molar-refractivity contribution in [1.82, 2.24) is 11.0 Å². The minimum atomic E-state index is -2.61. The second kappa shape index (κ2) is 8.87. The predicted molar refractivity (Wildman–Crippen MR) is 57.5 cm³/mol. The SMILES string of the molecule is N[C@H]1CONC1=O.N[C@H]1CONC1=O.O=S(O)O. The summed E-state index contributed by atoms with van der Waals surface area (Å²) in [4.78, 5) is 29.3. The third kappa shape index (κ3) is 8.02. The summed E-state index contributed by atoms with van der Waals surface area (Å²) in [7, 11) is 0. The first-order valence-electron chi connectivity index (χ1n) is 4.49. The van der Waals surface area contributed by atoms with E-state index in [9.17, 15) is 9.59 Å². The Bertz CT molecular complexity index is 286. The molecular weight excluding hydrogens is 272 g/mol. The normalized spacial score (nSPS) is 25.6. The van der Waals surface area contributed by atoms with E-state index in [0.29, 0.717) is 13.2 Å². The predicted octanol–water partition coefficient (Wildman–Crippen LogP) is -3.57. The summed E-state index contributed by atoms with van der Waals surface area (Å²) in [6.45, 7) is 0.581. The van der Waals surface area contributed by atoms with Gasteiger partial charge in [0, 0.05) is 0 Å². The summed E-state index contributed by atoms with van der Waals surface area (Å²) in [5.74, 6) is -0.472. The zero-order valence-electron chi connectivity index (χ0n) is 9.07. The number of carbonyl (C=O) groups is 2. The Labute approximate surface area is 104 Å². The number of nitrogens with two attached hydrogens (primary N) is 2. The van der Waals surface area contributed by atoms with Crippen molar-refractivity contribution in [3.8, 4) is 0 Å². The Hall–Kier alpha value is -1.15. The molecule has 0 saturated carbocycles. The van der Waals surface area contributed by atoms with E-state index in [2.05, 4.69) is 20.6 Å². The van der Waals surface area contributed by atoms with Crippen LogP contribution in [0.15, 0.2) is 0 Å². The Balaban J connectivity index is 0.000000253. The summed E-state index contributed by atoms with van der Waals surface area (Å²) in [5, 5.41) is 0. The molecule has 2 atom stereocenters. The van der Waals surface area contributed by atoms with E-state index in [4.69, 9.17) is 24.8 Å². The van der Waals surface area contributed by atoms with Gasteiger partial charge in [-0.25, -0.2) is 11.0 Å². The van der Waals surface area contributed by atoms with Gasteiger partial charge < -0.3 is 11.5 Å². The Morgan fingerprint density at radius 3 is 1.39 bits per heavy atom. The van der Waals surface area contributed by atoms with Gasteiger partial charge in [-0.3, -0.25) is 28.4 Å². The molecule has 0 aliphatic carbocycles. The van der Waals surface area contributed by atoms with E-state index in [-0.39, 0.29) is 11.8 Å². The highest BCUT2D eigenvalue weighted by Crippen LogP contribution is 1.87. The van der Waals surface area contributed by atoms with Crippen LogP contribution in [0.4, 0.5) is 0 Å². The number of rotatable bonds is 0. The van der Waals surface area contributed by atoms with Crippen molar-refractivity contribution in [3.63, 3.8) is 0 Å². The van der Waals surface area contributed by atoms with Gasteiger partial charge in [0.25, 0.3) is 23.2 Å². The maximum atomic E-state index is 10.2. The van der Waals surface area contributed by atoms with Gasteiger partial charge in [-0.2, -0.15) is 4.21 Å². The van der Waals surface area contributed by atoms with Crippen LogP contribution in [-0.2, 0) is 30.6 Å². The molecular formula is C6H14N4O7S. The summed E-state index contributed by atoms with van der Waals surface area (Å²) >= 11 is -2.61. The lowest BCUT2D eigenvalue weighted by molar-refractivity contribution is -0.125. The zero-order chi connectivity index (χ0) is 14.1. The van der Waals surface area contributed by atoms with Gasteiger partial charge in [0.1, 0.15) is 12.1 Å². The van der Waals surface area contributed by atoms with Crippen LogP contribution >= 0.6 is 0 Å². The first-order chi connectivity index (χ1) is 8.34. The minimum absolute atomic E-state index is 0.236. The Morgan fingerprint density at radius 1 is 1.06 bits per heavy atom. The van der Waals surface area contributed by atoms with Crippen LogP contribution in [0, 0.1) is 0 Å². The van der Waals surface area contributed by atoms with E-state index in [1.807, 2.05) is 0 Å². The van der Waals surface area contributed by atoms with Gasteiger partial charge in [0.15, 0.2) is 0 Å². The Kier molecular flexibility index (Phi) is 8.30. The summed E-state index contributed by atoms with van der Waals surface area (Å²) < 4.78 is 22.8. The first-order valence-corrected chi connectivity index (χ1v) is 5.55. The van der Waals surface area contributed by atoms with Crippen LogP contribution in [-0.4, -0.2) is 50.4 Å². The average Bonchev–Trinajstić information content (AvgIpc) is 2.79. The van der Waals surface area contributed by atoms with Crippen LogP contribution < -0.4 is 22.4 Å². The van der Waals surface area contributed by atoms with Gasteiger partial charge in [0.2, 0.25) is 0 Å². The van der Waals surface area contributed by atoms with Crippen LogP contribution in [0.5, 0.6) is 0 Å². The molecule has 2 aliphatic rings. The van der Waals surface area contributed by atoms with Crippen molar-refractivity contribution in [1.29, 1.82) is 0 Å². The number of hydrogen-bond acceptors (Lipinski definition) is 7. The van der Waals surface area contributed by atoms with Crippen molar-refractivity contribution in [2.75, 3.05) is 13.2 Å². The summed E-state index contributed by atoms with van der Waals surface area (Å²) in [6.07, 6.45) is 0. The minimum Gasteiger partial charge on any atom is -0.318 e. The van der Waals surface area contributed by atoms with E-state index in [1.54, 1.807) is 0 Å². The highest BCUT2D eigenvalue weighted by molar-refractivity contribution is 7.73. The molecule has 12 heteroatoms. The van der Waals surface area contributed by atoms with E-state index >= 15 is 0 Å². The second-order valence-electron chi connectivity index (χ2n) is 3.00. The third-order valence-electron chi connectivity index (χ3n) is 1.54. The van der Waals surface area contributed by atoms with Gasteiger partial charge in [0.05, 0.1) is 13.2 Å². The molecule has 2 aliphatic heterocycles. The van der Waals surface area contributed by atoms with Crippen LogP contribution in [0.2, 0.25) is 0 Å². The van der Waals surface area contributed by atoms with Gasteiger partial charge in [-0.1, -0.05) is 0 Å². The second-order valence-corrected chi connectivity index (χ2v) is 3.46. The van der Waals surface area contributed by atoms with E-state index < -0.39 is 23.4 Å². The van der Waals surface area contributed by atoms with Crippen LogP contribution in [0.3, 0.4) is 0 Å². The van der Waals surface area contributed by atoms with Crippen molar-refractivity contribution in [2.24, 2.45) is 11.5 Å². The van der Waals surface area contributed by atoms with Crippen molar-refractivity contribution < 1.29 is 32.6 Å². The molecule has 0 bridgehead atoms. The third-order valence-corrected chi connectivity index (χ3v) is 1.54. The molecule has 0 aromatic heterocycles. The molecule has 2 fully saturated rings. The van der Waals surface area contributed by atoms with Crippen LogP contribution in [0.25, 0.3) is 0 Å². The molecule has 8 N–H and O–H groups in total. The highest BCUT2D eigenvalue weighted by atomic mass is 32.2. The lowest BCUT2D eigenvalue weighted by atomic mass is 10.3. The molecule has 11 nitrogen and oxygen atoms in total. The smallest absolute Gasteiger partial charge is 0.299 e.